The molecule has 3 N–H and O–H groups in total. The van der Waals surface area contributed by atoms with Crippen molar-refractivity contribution in [1.82, 2.24) is 0 Å². The van der Waals surface area contributed by atoms with Gasteiger partial charge in [0, 0.05) is 36.7 Å². The minimum Gasteiger partial charge on any atom is -0.398 e. The molecule has 0 heterocycles. The summed E-state index contributed by atoms with van der Waals surface area (Å²) in [5.41, 5.74) is 7.73. The fourth-order valence-electron chi connectivity index (χ4n) is 1.52. The lowest BCUT2D eigenvalue weighted by molar-refractivity contribution is 0.101. The molecule has 0 bridgehead atoms. The highest BCUT2D eigenvalue weighted by Gasteiger charge is 2.05. The summed E-state index contributed by atoms with van der Waals surface area (Å²) in [6.45, 7) is 5.81. The van der Waals surface area contributed by atoms with E-state index in [-0.39, 0.29) is 5.78 Å². The molecule has 0 fully saturated rings. The molecule has 0 aromatic heterocycles. The van der Waals surface area contributed by atoms with Gasteiger partial charge in [0.15, 0.2) is 5.78 Å². The molecule has 4 heteroatoms. The lowest BCUT2D eigenvalue weighted by Crippen LogP contribution is -2.07. The van der Waals surface area contributed by atoms with Crippen LogP contribution in [-0.2, 0) is 4.74 Å². The smallest absolute Gasteiger partial charge is 0.161 e. The summed E-state index contributed by atoms with van der Waals surface area (Å²) in [5, 5.41) is 3.24. The second-order valence-electron chi connectivity index (χ2n) is 3.84. The average molecular weight is 236 g/mol. The topological polar surface area (TPSA) is 64.3 Å². The Kier molecular flexibility index (Phi) is 5.49. The quantitative estimate of drug-likeness (QED) is 0.433. The minimum atomic E-state index is -0.0135. The van der Waals surface area contributed by atoms with E-state index in [9.17, 15) is 4.79 Å². The molecule has 0 aliphatic heterocycles. The Bertz CT molecular complexity index is 378. The van der Waals surface area contributed by atoms with E-state index in [1.165, 1.54) is 6.92 Å². The maximum absolute atomic E-state index is 11.3. The van der Waals surface area contributed by atoms with Crippen molar-refractivity contribution in [1.29, 1.82) is 0 Å². The second kappa shape index (κ2) is 6.91. The highest BCUT2D eigenvalue weighted by Crippen LogP contribution is 2.18. The molecule has 0 amide bonds. The number of ketones is 1. The predicted octanol–water partition coefficient (Wildman–Crippen LogP) is 2.31. The lowest BCUT2D eigenvalue weighted by Gasteiger charge is -2.09. The van der Waals surface area contributed by atoms with Crippen molar-refractivity contribution >= 4 is 17.2 Å². The zero-order valence-electron chi connectivity index (χ0n) is 10.5. The molecule has 0 saturated heterocycles. The molecular formula is C13H20N2O2. The van der Waals surface area contributed by atoms with Gasteiger partial charge in [0.05, 0.1) is 0 Å². The van der Waals surface area contributed by atoms with Gasteiger partial charge < -0.3 is 15.8 Å². The molecular weight excluding hydrogens is 216 g/mol. The standard InChI is InChI=1S/C13H20N2O2/c1-3-17-8-4-7-15-11-5-6-13(14)12(9-11)10(2)16/h5-6,9,15H,3-4,7-8,14H2,1-2H3. The Morgan fingerprint density at radius 1 is 1.47 bits per heavy atom. The van der Waals surface area contributed by atoms with E-state index in [1.54, 1.807) is 12.1 Å². The van der Waals surface area contributed by atoms with Gasteiger partial charge in [-0.05, 0) is 38.5 Å². The number of benzene rings is 1. The van der Waals surface area contributed by atoms with E-state index in [0.29, 0.717) is 11.3 Å². The molecule has 0 saturated carbocycles. The number of ether oxygens (including phenoxy) is 1. The number of Topliss-reactive ketones (excluding diaryl/α,β-unsaturated/α-hetero) is 1. The van der Waals surface area contributed by atoms with Crippen LogP contribution in [0.3, 0.4) is 0 Å². The van der Waals surface area contributed by atoms with E-state index >= 15 is 0 Å². The molecule has 4 nitrogen and oxygen atoms in total. The first-order valence-electron chi connectivity index (χ1n) is 5.87. The van der Waals surface area contributed by atoms with Gasteiger partial charge in [-0.15, -0.1) is 0 Å². The first-order chi connectivity index (χ1) is 8.15. The number of nitrogen functional groups attached to an aromatic ring is 1. The maximum atomic E-state index is 11.3. The molecule has 0 aliphatic rings. The van der Waals surface area contributed by atoms with Crippen LogP contribution < -0.4 is 11.1 Å². The van der Waals surface area contributed by atoms with E-state index in [4.69, 9.17) is 10.5 Å². The molecule has 1 aromatic carbocycles. The molecule has 0 spiro atoms. The van der Waals surface area contributed by atoms with Gasteiger partial charge in [-0.3, -0.25) is 4.79 Å². The first kappa shape index (κ1) is 13.5. The highest BCUT2D eigenvalue weighted by molar-refractivity contribution is 5.99. The van der Waals surface area contributed by atoms with Crippen molar-refractivity contribution in [2.75, 3.05) is 30.8 Å². The van der Waals surface area contributed by atoms with Crippen LogP contribution in [0.1, 0.15) is 30.6 Å². The fourth-order valence-corrected chi connectivity index (χ4v) is 1.52. The van der Waals surface area contributed by atoms with Crippen molar-refractivity contribution in [3.8, 4) is 0 Å². The molecule has 0 aliphatic carbocycles. The zero-order chi connectivity index (χ0) is 12.7. The van der Waals surface area contributed by atoms with Crippen molar-refractivity contribution < 1.29 is 9.53 Å². The first-order valence-corrected chi connectivity index (χ1v) is 5.87. The largest absolute Gasteiger partial charge is 0.398 e. The van der Waals surface area contributed by atoms with Gasteiger partial charge in [-0.25, -0.2) is 0 Å². The summed E-state index contributed by atoms with van der Waals surface area (Å²) in [6.07, 6.45) is 0.938. The maximum Gasteiger partial charge on any atom is 0.161 e. The van der Waals surface area contributed by atoms with Gasteiger partial charge in [0.1, 0.15) is 0 Å². The molecule has 0 unspecified atom stereocenters. The van der Waals surface area contributed by atoms with Crippen LogP contribution in [0.5, 0.6) is 0 Å². The van der Waals surface area contributed by atoms with E-state index in [1.807, 2.05) is 13.0 Å². The van der Waals surface area contributed by atoms with Gasteiger partial charge in [0.25, 0.3) is 0 Å². The SMILES string of the molecule is CCOCCCNc1ccc(N)c(C(C)=O)c1. The number of carbonyl (C=O) groups is 1. The Hall–Kier alpha value is -1.55. The molecule has 1 aromatic rings. The number of hydrogen-bond donors (Lipinski definition) is 2. The lowest BCUT2D eigenvalue weighted by atomic mass is 10.1. The molecule has 94 valence electrons. The van der Waals surface area contributed by atoms with Gasteiger partial charge >= 0.3 is 0 Å². The van der Waals surface area contributed by atoms with Crippen LogP contribution in [0.15, 0.2) is 18.2 Å². The predicted molar refractivity (Wildman–Crippen MR) is 70.5 cm³/mol. The van der Waals surface area contributed by atoms with Gasteiger partial charge in [0.2, 0.25) is 0 Å². The fraction of sp³-hybridized carbons (Fsp3) is 0.462. The normalized spacial score (nSPS) is 10.2. The Morgan fingerprint density at radius 3 is 2.88 bits per heavy atom. The Morgan fingerprint density at radius 2 is 2.24 bits per heavy atom. The van der Waals surface area contributed by atoms with E-state index in [0.717, 1.165) is 31.9 Å². The van der Waals surface area contributed by atoms with Gasteiger partial charge in [-0.2, -0.15) is 0 Å². The second-order valence-corrected chi connectivity index (χ2v) is 3.84. The average Bonchev–Trinajstić information content (AvgIpc) is 2.30. The summed E-state index contributed by atoms with van der Waals surface area (Å²) in [7, 11) is 0. The molecule has 0 atom stereocenters. The van der Waals surface area contributed by atoms with Gasteiger partial charge in [-0.1, -0.05) is 0 Å². The van der Waals surface area contributed by atoms with Crippen molar-refractivity contribution in [2.24, 2.45) is 0 Å². The van der Waals surface area contributed by atoms with Crippen LogP contribution in [0.2, 0.25) is 0 Å². The summed E-state index contributed by atoms with van der Waals surface area (Å²) in [6, 6.07) is 5.42. The van der Waals surface area contributed by atoms with Crippen LogP contribution in [0.4, 0.5) is 11.4 Å². The highest BCUT2D eigenvalue weighted by atomic mass is 16.5. The summed E-state index contributed by atoms with van der Waals surface area (Å²) in [5.74, 6) is -0.0135. The van der Waals surface area contributed by atoms with Crippen LogP contribution in [0, 0.1) is 0 Å². The monoisotopic (exact) mass is 236 g/mol. The van der Waals surface area contributed by atoms with Crippen LogP contribution in [0.25, 0.3) is 0 Å². The number of nitrogens with two attached hydrogens (primary N) is 1. The third-order valence-corrected chi connectivity index (χ3v) is 2.43. The van der Waals surface area contributed by atoms with Crippen molar-refractivity contribution in [2.45, 2.75) is 20.3 Å². The molecule has 1 rings (SSSR count). The third-order valence-electron chi connectivity index (χ3n) is 2.43. The minimum absolute atomic E-state index is 0.0135. The number of anilines is 2. The molecule has 0 radical (unpaired) electrons. The number of carbonyl (C=O) groups excluding carboxylic acids is 1. The third kappa shape index (κ3) is 4.44. The number of hydrogen-bond acceptors (Lipinski definition) is 4. The van der Waals surface area contributed by atoms with Crippen molar-refractivity contribution in [3.05, 3.63) is 23.8 Å². The Balaban J connectivity index is 2.49. The number of rotatable bonds is 7. The van der Waals surface area contributed by atoms with Crippen LogP contribution >= 0.6 is 0 Å². The van der Waals surface area contributed by atoms with Crippen LogP contribution in [-0.4, -0.2) is 25.5 Å². The van der Waals surface area contributed by atoms with Crippen molar-refractivity contribution in [3.63, 3.8) is 0 Å². The molecule has 17 heavy (non-hydrogen) atoms. The zero-order valence-corrected chi connectivity index (χ0v) is 10.5. The summed E-state index contributed by atoms with van der Waals surface area (Å²) in [4.78, 5) is 11.3. The summed E-state index contributed by atoms with van der Waals surface area (Å²) >= 11 is 0. The number of nitrogens with one attached hydrogen (secondary N) is 1. The Labute approximate surface area is 102 Å². The van der Waals surface area contributed by atoms with E-state index < -0.39 is 0 Å². The van der Waals surface area contributed by atoms with E-state index in [2.05, 4.69) is 5.32 Å². The summed E-state index contributed by atoms with van der Waals surface area (Å²) < 4.78 is 5.24.